The van der Waals surface area contributed by atoms with Crippen molar-refractivity contribution in [1.29, 1.82) is 0 Å². The minimum Gasteiger partial charge on any atom is -0.331 e. The predicted molar refractivity (Wildman–Crippen MR) is 131 cm³/mol. The third-order valence-electron chi connectivity index (χ3n) is 6.88. The van der Waals surface area contributed by atoms with Crippen LogP contribution in [-0.4, -0.2) is 40.6 Å². The molecule has 0 bridgehead atoms. The second-order valence-corrected chi connectivity index (χ2v) is 10.1. The van der Waals surface area contributed by atoms with Crippen molar-refractivity contribution in [2.45, 2.75) is 50.1 Å². The van der Waals surface area contributed by atoms with Gasteiger partial charge in [-0.05, 0) is 74.9 Å². The second-order valence-electron chi connectivity index (χ2n) is 9.23. The van der Waals surface area contributed by atoms with Gasteiger partial charge in [-0.2, -0.15) is 0 Å². The normalized spacial score (nSPS) is 19.7. The number of rotatable bonds is 7. The maximum atomic E-state index is 13.3. The Labute approximate surface area is 198 Å². The monoisotopic (exact) mass is 464 g/mol. The molecule has 1 saturated heterocycles. The maximum Gasteiger partial charge on any atom is 0.319 e. The first-order valence-corrected chi connectivity index (χ1v) is 12.5. The van der Waals surface area contributed by atoms with Gasteiger partial charge in [0.15, 0.2) is 0 Å². The summed E-state index contributed by atoms with van der Waals surface area (Å²) in [6, 6.07) is 14.9. The van der Waals surface area contributed by atoms with Crippen LogP contribution in [-0.2, 0) is 6.42 Å². The molecule has 0 radical (unpaired) electrons. The van der Waals surface area contributed by atoms with E-state index in [4.69, 9.17) is 0 Å². The SMILES string of the molecule is O=C(Nc1cccc(-c2nccs2)c1)NC1(CN2CCCC2Cc2ccc(F)cc2)CCC1. The third kappa shape index (κ3) is 5.25. The number of halogens is 1. The highest BCUT2D eigenvalue weighted by atomic mass is 32.1. The van der Waals surface area contributed by atoms with E-state index in [9.17, 15) is 9.18 Å². The van der Waals surface area contributed by atoms with Crippen molar-refractivity contribution >= 4 is 23.1 Å². The molecule has 1 saturated carbocycles. The summed E-state index contributed by atoms with van der Waals surface area (Å²) in [6.45, 7) is 1.91. The minimum atomic E-state index is -0.192. The number of carbonyl (C=O) groups is 1. The number of nitrogens with one attached hydrogen (secondary N) is 2. The van der Waals surface area contributed by atoms with Crippen molar-refractivity contribution in [3.05, 3.63) is 71.5 Å². The van der Waals surface area contributed by atoms with Crippen molar-refractivity contribution in [3.63, 3.8) is 0 Å². The first-order valence-electron chi connectivity index (χ1n) is 11.7. The van der Waals surface area contributed by atoms with Crippen molar-refractivity contribution in [2.24, 2.45) is 0 Å². The summed E-state index contributed by atoms with van der Waals surface area (Å²) < 4.78 is 13.3. The van der Waals surface area contributed by atoms with E-state index < -0.39 is 0 Å². The zero-order valence-corrected chi connectivity index (χ0v) is 19.4. The van der Waals surface area contributed by atoms with Crippen LogP contribution in [0.3, 0.4) is 0 Å². The molecule has 33 heavy (non-hydrogen) atoms. The summed E-state index contributed by atoms with van der Waals surface area (Å²) in [5, 5.41) is 9.21. The van der Waals surface area contributed by atoms with Crippen LogP contribution in [0.4, 0.5) is 14.9 Å². The van der Waals surface area contributed by atoms with E-state index in [0.29, 0.717) is 6.04 Å². The van der Waals surface area contributed by atoms with Gasteiger partial charge in [-0.3, -0.25) is 4.90 Å². The molecular formula is C26H29FN4OS. The summed E-state index contributed by atoms with van der Waals surface area (Å²) in [7, 11) is 0. The number of amides is 2. The summed E-state index contributed by atoms with van der Waals surface area (Å²) in [5.74, 6) is -0.192. The highest BCUT2D eigenvalue weighted by Gasteiger charge is 2.42. The lowest BCUT2D eigenvalue weighted by Gasteiger charge is -2.46. The molecule has 2 N–H and O–H groups in total. The van der Waals surface area contributed by atoms with Crippen LogP contribution in [0.25, 0.3) is 10.6 Å². The number of thiazole rings is 1. The largest absolute Gasteiger partial charge is 0.331 e. The van der Waals surface area contributed by atoms with Crippen molar-refractivity contribution in [2.75, 3.05) is 18.4 Å². The van der Waals surface area contributed by atoms with Crippen molar-refractivity contribution in [3.8, 4) is 10.6 Å². The highest BCUT2D eigenvalue weighted by molar-refractivity contribution is 7.13. The van der Waals surface area contributed by atoms with Crippen molar-refractivity contribution in [1.82, 2.24) is 15.2 Å². The van der Waals surface area contributed by atoms with E-state index in [1.54, 1.807) is 17.5 Å². The number of benzene rings is 2. The topological polar surface area (TPSA) is 57.3 Å². The number of urea groups is 1. The quantitative estimate of drug-likeness (QED) is 0.472. The Morgan fingerprint density at radius 1 is 1.18 bits per heavy atom. The molecule has 2 amide bonds. The molecule has 5 nitrogen and oxygen atoms in total. The van der Waals surface area contributed by atoms with Gasteiger partial charge < -0.3 is 10.6 Å². The summed E-state index contributed by atoms with van der Waals surface area (Å²) >= 11 is 1.58. The number of likely N-dealkylation sites (tertiary alicyclic amines) is 1. The van der Waals surface area contributed by atoms with Gasteiger partial charge in [0.05, 0.1) is 5.54 Å². The fourth-order valence-corrected chi connectivity index (χ4v) is 5.68. The van der Waals surface area contributed by atoms with Gasteiger partial charge in [-0.25, -0.2) is 14.2 Å². The zero-order valence-electron chi connectivity index (χ0n) is 18.6. The Morgan fingerprint density at radius 3 is 2.76 bits per heavy atom. The van der Waals surface area contributed by atoms with Crippen LogP contribution < -0.4 is 10.6 Å². The molecule has 2 heterocycles. The molecule has 2 aliphatic rings. The Morgan fingerprint density at radius 2 is 2.03 bits per heavy atom. The van der Waals surface area contributed by atoms with E-state index in [1.165, 1.54) is 17.7 Å². The maximum absolute atomic E-state index is 13.3. The van der Waals surface area contributed by atoms with Gasteiger partial charge in [0.1, 0.15) is 10.8 Å². The smallest absolute Gasteiger partial charge is 0.319 e. The zero-order chi connectivity index (χ0) is 22.7. The second kappa shape index (κ2) is 9.61. The molecular weight excluding hydrogens is 435 g/mol. The van der Waals surface area contributed by atoms with Crippen LogP contribution in [0.15, 0.2) is 60.1 Å². The van der Waals surface area contributed by atoms with E-state index in [1.807, 2.05) is 41.8 Å². The van der Waals surface area contributed by atoms with E-state index in [2.05, 4.69) is 20.5 Å². The molecule has 1 aliphatic carbocycles. The average Bonchev–Trinajstić information content (AvgIpc) is 3.47. The Hall–Kier alpha value is -2.77. The molecule has 1 atom stereocenters. The van der Waals surface area contributed by atoms with Crippen molar-refractivity contribution < 1.29 is 9.18 Å². The number of hydrogen-bond donors (Lipinski definition) is 2. The Balaban J connectivity index is 1.21. The summed E-state index contributed by atoms with van der Waals surface area (Å²) in [4.78, 5) is 19.8. The lowest BCUT2D eigenvalue weighted by atomic mass is 9.76. The fourth-order valence-electron chi connectivity index (χ4n) is 5.04. The number of carbonyl (C=O) groups excluding carboxylic acids is 1. The first kappa shape index (κ1) is 22.0. The molecule has 0 spiro atoms. The van der Waals surface area contributed by atoms with Crippen LogP contribution in [0.5, 0.6) is 0 Å². The number of hydrogen-bond acceptors (Lipinski definition) is 4. The summed E-state index contributed by atoms with van der Waals surface area (Å²) in [5.41, 5.74) is 2.76. The van der Waals surface area contributed by atoms with Gasteiger partial charge in [0.2, 0.25) is 0 Å². The Bertz CT molecular complexity index is 1080. The van der Waals surface area contributed by atoms with Crippen LogP contribution in [0.2, 0.25) is 0 Å². The molecule has 3 aromatic rings. The van der Waals surface area contributed by atoms with E-state index in [-0.39, 0.29) is 17.4 Å². The highest BCUT2D eigenvalue weighted by Crippen LogP contribution is 2.35. The minimum absolute atomic E-state index is 0.153. The first-order chi connectivity index (χ1) is 16.1. The number of aromatic nitrogens is 1. The van der Waals surface area contributed by atoms with Crippen LogP contribution >= 0.6 is 11.3 Å². The lowest BCUT2D eigenvalue weighted by molar-refractivity contribution is 0.109. The molecule has 2 aromatic carbocycles. The number of nitrogens with zero attached hydrogens (tertiary/aromatic N) is 2. The summed E-state index contributed by atoms with van der Waals surface area (Å²) in [6.07, 6.45) is 8.15. The molecule has 1 aliphatic heterocycles. The van der Waals surface area contributed by atoms with Gasteiger partial charge in [0, 0.05) is 35.4 Å². The standard InChI is InChI=1S/C26H29FN4OS/c27-21-9-7-19(8-10-21)16-23-6-2-14-31(23)18-26(11-3-12-26)30-25(32)29-22-5-1-4-20(17-22)24-28-13-15-33-24/h1,4-5,7-10,13,15,17,23H,2-3,6,11-12,14,16,18H2,(H2,29,30,32). The molecule has 7 heteroatoms. The van der Waals surface area contributed by atoms with Gasteiger partial charge in [-0.1, -0.05) is 24.3 Å². The van der Waals surface area contributed by atoms with Gasteiger partial charge in [0.25, 0.3) is 0 Å². The average molecular weight is 465 g/mol. The third-order valence-corrected chi connectivity index (χ3v) is 7.70. The van der Waals surface area contributed by atoms with E-state index in [0.717, 1.165) is 67.9 Å². The number of anilines is 1. The predicted octanol–water partition coefficient (Wildman–Crippen LogP) is 5.70. The molecule has 172 valence electrons. The van der Waals surface area contributed by atoms with Crippen LogP contribution in [0.1, 0.15) is 37.7 Å². The molecule has 1 aromatic heterocycles. The Kier molecular flexibility index (Phi) is 6.42. The molecule has 1 unspecified atom stereocenters. The van der Waals surface area contributed by atoms with E-state index >= 15 is 0 Å². The molecule has 5 rings (SSSR count). The van der Waals surface area contributed by atoms with Gasteiger partial charge in [-0.15, -0.1) is 11.3 Å². The molecule has 2 fully saturated rings. The van der Waals surface area contributed by atoms with Gasteiger partial charge >= 0.3 is 6.03 Å². The fraction of sp³-hybridized carbons (Fsp3) is 0.385. The lowest BCUT2D eigenvalue weighted by Crippen LogP contribution is -2.61. The van der Waals surface area contributed by atoms with Crippen LogP contribution in [0, 0.1) is 5.82 Å².